The van der Waals surface area contributed by atoms with E-state index in [-0.39, 0.29) is 0 Å². The van der Waals surface area contributed by atoms with E-state index in [1.165, 1.54) is 5.56 Å². The molecule has 8 heteroatoms. The molecular weight excluding hydrogens is 394 g/mol. The minimum atomic E-state index is 0.439. The van der Waals surface area contributed by atoms with Gasteiger partial charge in [-0.05, 0) is 12.5 Å². The van der Waals surface area contributed by atoms with Crippen LogP contribution in [-0.4, -0.2) is 42.9 Å². The highest BCUT2D eigenvalue weighted by molar-refractivity contribution is 5.55. The first kappa shape index (κ1) is 21.0. The third-order valence-corrected chi connectivity index (χ3v) is 4.93. The van der Waals surface area contributed by atoms with Gasteiger partial charge in [-0.25, -0.2) is 4.98 Å². The molecule has 2 aromatic heterocycles. The van der Waals surface area contributed by atoms with Crippen molar-refractivity contribution >= 4 is 11.5 Å². The highest BCUT2D eigenvalue weighted by Crippen LogP contribution is 2.26. The number of benzene rings is 1. The summed E-state index contributed by atoms with van der Waals surface area (Å²) in [4.78, 5) is 10.9. The predicted octanol–water partition coefficient (Wildman–Crippen LogP) is 4.43. The van der Waals surface area contributed by atoms with Gasteiger partial charge in [0.1, 0.15) is 5.76 Å². The maximum atomic E-state index is 5.91. The Morgan fingerprint density at radius 2 is 2.00 bits per heavy atom. The zero-order valence-electron chi connectivity index (χ0n) is 18.0. The van der Waals surface area contributed by atoms with Crippen molar-refractivity contribution in [1.82, 2.24) is 9.97 Å². The van der Waals surface area contributed by atoms with Gasteiger partial charge in [0, 0.05) is 44.3 Å². The molecular formula is C23H27N5O3. The van der Waals surface area contributed by atoms with Gasteiger partial charge in [0.25, 0.3) is 0 Å². The van der Waals surface area contributed by atoms with Crippen molar-refractivity contribution in [3.8, 4) is 5.88 Å². The number of aromatic nitrogens is 2. The average Bonchev–Trinajstić information content (AvgIpc) is 3.19. The molecule has 1 fully saturated rings. The summed E-state index contributed by atoms with van der Waals surface area (Å²) < 4.78 is 16.9. The first-order chi connectivity index (χ1) is 15.2. The fourth-order valence-electron chi connectivity index (χ4n) is 3.38. The number of azo groups is 1. The second-order valence-corrected chi connectivity index (χ2v) is 7.45. The zero-order valence-corrected chi connectivity index (χ0v) is 18.0. The SMILES string of the molecule is Cc1cccc(CN=Nc2cc(N3CCOCC3)cc(OCCc3cnc(C)o3)n2)c1. The van der Waals surface area contributed by atoms with Gasteiger partial charge >= 0.3 is 0 Å². The minimum absolute atomic E-state index is 0.439. The van der Waals surface area contributed by atoms with Crippen molar-refractivity contribution < 1.29 is 13.9 Å². The first-order valence-corrected chi connectivity index (χ1v) is 10.5. The van der Waals surface area contributed by atoms with E-state index in [9.17, 15) is 0 Å². The van der Waals surface area contributed by atoms with Crippen LogP contribution in [0.1, 0.15) is 22.8 Å². The van der Waals surface area contributed by atoms with Gasteiger partial charge in [-0.3, -0.25) is 0 Å². The smallest absolute Gasteiger partial charge is 0.217 e. The molecule has 3 heterocycles. The van der Waals surface area contributed by atoms with Crippen LogP contribution in [0.2, 0.25) is 0 Å². The van der Waals surface area contributed by atoms with Gasteiger partial charge in [-0.15, -0.1) is 5.11 Å². The molecule has 0 bridgehead atoms. The summed E-state index contributed by atoms with van der Waals surface area (Å²) >= 11 is 0. The van der Waals surface area contributed by atoms with Gasteiger partial charge in [-0.2, -0.15) is 10.1 Å². The molecule has 0 radical (unpaired) electrons. The van der Waals surface area contributed by atoms with Crippen LogP contribution in [0, 0.1) is 13.8 Å². The van der Waals surface area contributed by atoms with Crippen LogP contribution in [0.5, 0.6) is 5.88 Å². The molecule has 0 spiro atoms. The van der Waals surface area contributed by atoms with Crippen LogP contribution in [-0.2, 0) is 17.7 Å². The highest BCUT2D eigenvalue weighted by atomic mass is 16.5. The standard InChI is InChI=1S/C23H27N5O3/c1-17-4-3-5-19(12-17)15-25-27-22-13-20(28-7-10-29-11-8-28)14-23(26-22)30-9-6-21-16-24-18(2)31-21/h3-5,12-14,16H,6-11,15H2,1-2H3. The third-order valence-electron chi connectivity index (χ3n) is 4.93. The number of pyridine rings is 1. The summed E-state index contributed by atoms with van der Waals surface area (Å²) in [6.45, 7) is 7.88. The van der Waals surface area contributed by atoms with Crippen molar-refractivity contribution in [3.05, 3.63) is 65.4 Å². The molecule has 0 amide bonds. The molecule has 0 aliphatic carbocycles. The Morgan fingerprint density at radius 3 is 2.77 bits per heavy atom. The predicted molar refractivity (Wildman–Crippen MR) is 117 cm³/mol. The van der Waals surface area contributed by atoms with Crippen LogP contribution in [0.25, 0.3) is 0 Å². The summed E-state index contributed by atoms with van der Waals surface area (Å²) in [5, 5.41) is 8.72. The molecule has 0 atom stereocenters. The van der Waals surface area contributed by atoms with Crippen molar-refractivity contribution in [2.45, 2.75) is 26.8 Å². The van der Waals surface area contributed by atoms with Crippen molar-refractivity contribution in [2.24, 2.45) is 10.2 Å². The lowest BCUT2D eigenvalue weighted by atomic mass is 10.1. The van der Waals surface area contributed by atoms with E-state index >= 15 is 0 Å². The Labute approximate surface area is 181 Å². The number of hydrogen-bond acceptors (Lipinski definition) is 8. The molecule has 0 unspecified atom stereocenters. The summed E-state index contributed by atoms with van der Waals surface area (Å²) in [6.07, 6.45) is 2.34. The molecule has 0 N–H and O–H groups in total. The Morgan fingerprint density at radius 1 is 1.13 bits per heavy atom. The number of oxazole rings is 1. The Kier molecular flexibility index (Phi) is 6.89. The quantitative estimate of drug-likeness (QED) is 0.500. The fourth-order valence-corrected chi connectivity index (χ4v) is 3.38. The zero-order chi connectivity index (χ0) is 21.5. The lowest BCUT2D eigenvalue weighted by molar-refractivity contribution is 0.122. The van der Waals surface area contributed by atoms with Gasteiger partial charge in [0.15, 0.2) is 11.7 Å². The van der Waals surface area contributed by atoms with Crippen molar-refractivity contribution in [1.29, 1.82) is 0 Å². The van der Waals surface area contributed by atoms with E-state index in [4.69, 9.17) is 13.9 Å². The molecule has 3 aromatic rings. The van der Waals surface area contributed by atoms with E-state index in [2.05, 4.69) is 44.2 Å². The summed E-state index contributed by atoms with van der Waals surface area (Å²) in [5.74, 6) is 2.49. The Balaban J connectivity index is 1.47. The largest absolute Gasteiger partial charge is 0.477 e. The van der Waals surface area contributed by atoms with Crippen LogP contribution >= 0.6 is 0 Å². The van der Waals surface area contributed by atoms with Crippen LogP contribution < -0.4 is 9.64 Å². The molecule has 1 aromatic carbocycles. The molecule has 1 aliphatic rings. The molecule has 8 nitrogen and oxygen atoms in total. The second kappa shape index (κ2) is 10.2. The number of rotatable bonds is 8. The fraction of sp³-hybridized carbons (Fsp3) is 0.391. The van der Waals surface area contributed by atoms with E-state index in [1.54, 1.807) is 6.20 Å². The number of nitrogens with zero attached hydrogens (tertiary/aromatic N) is 5. The molecule has 162 valence electrons. The van der Waals surface area contributed by atoms with E-state index in [0.717, 1.165) is 30.1 Å². The van der Waals surface area contributed by atoms with Crippen LogP contribution in [0.3, 0.4) is 0 Å². The van der Waals surface area contributed by atoms with E-state index < -0.39 is 0 Å². The third kappa shape index (κ3) is 6.11. The maximum Gasteiger partial charge on any atom is 0.217 e. The van der Waals surface area contributed by atoms with Crippen molar-refractivity contribution in [2.75, 3.05) is 37.8 Å². The van der Waals surface area contributed by atoms with E-state index in [0.29, 0.717) is 50.4 Å². The van der Waals surface area contributed by atoms with Crippen molar-refractivity contribution in [3.63, 3.8) is 0 Å². The molecule has 1 aliphatic heterocycles. The van der Waals surface area contributed by atoms with Crippen LogP contribution in [0.4, 0.5) is 11.5 Å². The number of ether oxygens (including phenoxy) is 2. The normalized spacial score (nSPS) is 14.3. The average molecular weight is 422 g/mol. The van der Waals surface area contributed by atoms with Crippen LogP contribution in [0.15, 0.2) is 57.2 Å². The summed E-state index contributed by atoms with van der Waals surface area (Å²) in [6, 6.07) is 12.1. The first-order valence-electron chi connectivity index (χ1n) is 10.5. The Bertz CT molecular complexity index is 1030. The summed E-state index contributed by atoms with van der Waals surface area (Å²) in [5.41, 5.74) is 3.33. The van der Waals surface area contributed by atoms with E-state index in [1.807, 2.05) is 31.2 Å². The second-order valence-electron chi connectivity index (χ2n) is 7.45. The number of anilines is 1. The van der Waals surface area contributed by atoms with Gasteiger partial charge in [-0.1, -0.05) is 29.8 Å². The highest BCUT2D eigenvalue weighted by Gasteiger charge is 2.14. The minimum Gasteiger partial charge on any atom is -0.477 e. The number of aryl methyl sites for hydroxylation is 2. The number of morpholine rings is 1. The monoisotopic (exact) mass is 421 g/mol. The summed E-state index contributed by atoms with van der Waals surface area (Å²) in [7, 11) is 0. The maximum absolute atomic E-state index is 5.91. The van der Waals surface area contributed by atoms with Gasteiger partial charge in [0.2, 0.25) is 5.88 Å². The molecule has 1 saturated heterocycles. The lowest BCUT2D eigenvalue weighted by Gasteiger charge is -2.29. The van der Waals surface area contributed by atoms with Gasteiger partial charge < -0.3 is 18.8 Å². The van der Waals surface area contributed by atoms with Gasteiger partial charge in [0.05, 0.1) is 32.6 Å². The topological polar surface area (TPSA) is 85.3 Å². The Hall–Kier alpha value is -3.26. The molecule has 31 heavy (non-hydrogen) atoms. The molecule has 0 saturated carbocycles. The number of hydrogen-bond donors (Lipinski definition) is 0. The lowest BCUT2D eigenvalue weighted by Crippen LogP contribution is -2.36. The molecule has 4 rings (SSSR count).